The van der Waals surface area contributed by atoms with E-state index in [1.165, 1.54) is 5.56 Å². The molecule has 2 aromatic rings. The maximum absolute atomic E-state index is 12.5. The molecule has 0 unspecified atom stereocenters. The Morgan fingerprint density at radius 1 is 1.04 bits per heavy atom. The van der Waals surface area contributed by atoms with Crippen LogP contribution in [0, 0.1) is 17.2 Å². The van der Waals surface area contributed by atoms with E-state index in [2.05, 4.69) is 30.3 Å². The van der Waals surface area contributed by atoms with Crippen LogP contribution in [0.3, 0.4) is 0 Å². The minimum absolute atomic E-state index is 0.0765. The third kappa shape index (κ3) is 3.78. The Bertz CT molecular complexity index is 693. The van der Waals surface area contributed by atoms with E-state index in [-0.39, 0.29) is 5.91 Å². The maximum atomic E-state index is 12.5. The lowest BCUT2D eigenvalue weighted by atomic mass is 9.90. The van der Waals surface area contributed by atoms with Crippen LogP contribution in [-0.4, -0.2) is 23.9 Å². The number of likely N-dealkylation sites (tertiary alicyclic amines) is 1. The monoisotopic (exact) mass is 304 g/mol. The molecule has 3 rings (SSSR count). The van der Waals surface area contributed by atoms with Gasteiger partial charge in [-0.2, -0.15) is 5.26 Å². The number of carbonyl (C=O) groups is 1. The highest BCUT2D eigenvalue weighted by Crippen LogP contribution is 2.23. The van der Waals surface area contributed by atoms with E-state index in [1.807, 2.05) is 11.0 Å². The molecule has 1 aliphatic heterocycles. The summed E-state index contributed by atoms with van der Waals surface area (Å²) in [5, 5.41) is 8.82. The minimum Gasteiger partial charge on any atom is -0.339 e. The van der Waals surface area contributed by atoms with Crippen molar-refractivity contribution in [2.24, 2.45) is 5.92 Å². The van der Waals surface area contributed by atoms with E-state index in [9.17, 15) is 4.79 Å². The van der Waals surface area contributed by atoms with Crippen LogP contribution in [0.25, 0.3) is 0 Å². The van der Waals surface area contributed by atoms with Crippen LogP contribution < -0.4 is 0 Å². The molecule has 0 atom stereocenters. The molecule has 0 bridgehead atoms. The topological polar surface area (TPSA) is 44.1 Å². The van der Waals surface area contributed by atoms with E-state index in [4.69, 9.17) is 5.26 Å². The number of carbonyl (C=O) groups excluding carboxylic acids is 1. The molecular formula is C20H20N2O. The SMILES string of the molecule is N#Cc1ccc(C(=O)N2CCC(Cc3ccccc3)CC2)cc1. The Morgan fingerprint density at radius 3 is 2.30 bits per heavy atom. The first kappa shape index (κ1) is 15.3. The molecule has 1 saturated heterocycles. The molecule has 116 valence electrons. The quantitative estimate of drug-likeness (QED) is 0.868. The second kappa shape index (κ2) is 7.11. The fraction of sp³-hybridized carbons (Fsp3) is 0.300. The fourth-order valence-corrected chi connectivity index (χ4v) is 3.16. The molecule has 1 fully saturated rings. The van der Waals surface area contributed by atoms with Gasteiger partial charge in [0.2, 0.25) is 0 Å². The lowest BCUT2D eigenvalue weighted by Gasteiger charge is -2.32. The van der Waals surface area contributed by atoms with Gasteiger partial charge in [-0.3, -0.25) is 4.79 Å². The van der Waals surface area contributed by atoms with Crippen molar-refractivity contribution in [3.63, 3.8) is 0 Å². The van der Waals surface area contributed by atoms with Crippen LogP contribution in [0.15, 0.2) is 54.6 Å². The lowest BCUT2D eigenvalue weighted by Crippen LogP contribution is -2.38. The minimum atomic E-state index is 0.0765. The summed E-state index contributed by atoms with van der Waals surface area (Å²) in [4.78, 5) is 14.4. The average molecular weight is 304 g/mol. The molecule has 1 aliphatic rings. The number of nitriles is 1. The van der Waals surface area contributed by atoms with Crippen LogP contribution in [0.1, 0.15) is 34.3 Å². The van der Waals surface area contributed by atoms with Gasteiger partial charge in [-0.15, -0.1) is 0 Å². The van der Waals surface area contributed by atoms with Gasteiger partial charge in [0.1, 0.15) is 0 Å². The molecule has 0 spiro atoms. The van der Waals surface area contributed by atoms with Crippen molar-refractivity contribution < 1.29 is 4.79 Å². The van der Waals surface area contributed by atoms with Gasteiger partial charge in [0, 0.05) is 18.7 Å². The van der Waals surface area contributed by atoms with Crippen molar-refractivity contribution >= 4 is 5.91 Å². The van der Waals surface area contributed by atoms with E-state index in [1.54, 1.807) is 24.3 Å². The van der Waals surface area contributed by atoms with Crippen LogP contribution in [0.4, 0.5) is 0 Å². The lowest BCUT2D eigenvalue weighted by molar-refractivity contribution is 0.0690. The Morgan fingerprint density at radius 2 is 1.70 bits per heavy atom. The van der Waals surface area contributed by atoms with Gasteiger partial charge in [-0.1, -0.05) is 30.3 Å². The van der Waals surface area contributed by atoms with E-state index in [0.717, 1.165) is 32.4 Å². The Labute approximate surface area is 137 Å². The normalized spacial score (nSPS) is 15.2. The molecule has 3 heteroatoms. The zero-order valence-corrected chi connectivity index (χ0v) is 13.1. The highest BCUT2D eigenvalue weighted by atomic mass is 16.2. The summed E-state index contributed by atoms with van der Waals surface area (Å²) in [6.07, 6.45) is 3.20. The summed E-state index contributed by atoms with van der Waals surface area (Å²) >= 11 is 0. The third-order valence-corrected chi connectivity index (χ3v) is 4.53. The summed E-state index contributed by atoms with van der Waals surface area (Å²) < 4.78 is 0. The highest BCUT2D eigenvalue weighted by molar-refractivity contribution is 5.94. The second-order valence-corrected chi connectivity index (χ2v) is 6.11. The highest BCUT2D eigenvalue weighted by Gasteiger charge is 2.23. The van der Waals surface area contributed by atoms with Crippen LogP contribution in [0.5, 0.6) is 0 Å². The molecule has 23 heavy (non-hydrogen) atoms. The third-order valence-electron chi connectivity index (χ3n) is 4.53. The zero-order valence-electron chi connectivity index (χ0n) is 13.1. The first-order chi connectivity index (χ1) is 11.3. The van der Waals surface area contributed by atoms with Crippen LogP contribution >= 0.6 is 0 Å². The number of rotatable bonds is 3. The number of amides is 1. The molecule has 0 radical (unpaired) electrons. The summed E-state index contributed by atoms with van der Waals surface area (Å²) in [7, 11) is 0. The van der Waals surface area contributed by atoms with Crippen LogP contribution in [-0.2, 0) is 6.42 Å². The summed E-state index contributed by atoms with van der Waals surface area (Å²) in [6, 6.07) is 19.5. The maximum Gasteiger partial charge on any atom is 0.253 e. The first-order valence-corrected chi connectivity index (χ1v) is 8.09. The molecule has 0 aliphatic carbocycles. The number of benzene rings is 2. The molecule has 0 N–H and O–H groups in total. The summed E-state index contributed by atoms with van der Waals surface area (Å²) in [6.45, 7) is 1.63. The summed E-state index contributed by atoms with van der Waals surface area (Å²) in [5.74, 6) is 0.732. The molecule has 3 nitrogen and oxygen atoms in total. The van der Waals surface area contributed by atoms with Crippen molar-refractivity contribution in [1.29, 1.82) is 5.26 Å². The molecule has 1 heterocycles. The Hall–Kier alpha value is -2.60. The standard InChI is InChI=1S/C20H20N2O/c21-15-18-6-8-19(9-7-18)20(23)22-12-10-17(11-13-22)14-16-4-2-1-3-5-16/h1-9,17H,10-14H2. The fourth-order valence-electron chi connectivity index (χ4n) is 3.16. The number of nitrogens with zero attached hydrogens (tertiary/aromatic N) is 2. The second-order valence-electron chi connectivity index (χ2n) is 6.11. The van der Waals surface area contributed by atoms with Crippen LogP contribution in [0.2, 0.25) is 0 Å². The van der Waals surface area contributed by atoms with Crippen molar-refractivity contribution in [3.8, 4) is 6.07 Å². The van der Waals surface area contributed by atoms with E-state index >= 15 is 0 Å². The van der Waals surface area contributed by atoms with E-state index < -0.39 is 0 Å². The Balaban J connectivity index is 1.56. The molecule has 0 saturated carbocycles. The average Bonchev–Trinajstić information content (AvgIpc) is 2.63. The van der Waals surface area contributed by atoms with Gasteiger partial charge in [-0.25, -0.2) is 0 Å². The summed E-state index contributed by atoms with van der Waals surface area (Å²) in [5.41, 5.74) is 2.64. The predicted molar refractivity (Wildman–Crippen MR) is 89.9 cm³/mol. The van der Waals surface area contributed by atoms with Crippen molar-refractivity contribution in [2.45, 2.75) is 19.3 Å². The molecule has 1 amide bonds. The van der Waals surface area contributed by atoms with Gasteiger partial charge in [0.25, 0.3) is 5.91 Å². The first-order valence-electron chi connectivity index (χ1n) is 8.09. The molecule has 0 aromatic heterocycles. The Kier molecular flexibility index (Phi) is 4.73. The molecular weight excluding hydrogens is 284 g/mol. The number of hydrogen-bond acceptors (Lipinski definition) is 2. The largest absolute Gasteiger partial charge is 0.339 e. The van der Waals surface area contributed by atoms with Crippen molar-refractivity contribution in [1.82, 2.24) is 4.90 Å². The number of piperidine rings is 1. The van der Waals surface area contributed by atoms with Gasteiger partial charge in [0.05, 0.1) is 11.6 Å². The molecule has 2 aromatic carbocycles. The van der Waals surface area contributed by atoms with E-state index in [0.29, 0.717) is 17.0 Å². The predicted octanol–water partition coefficient (Wildman–Crippen LogP) is 3.65. The zero-order chi connectivity index (χ0) is 16.1. The smallest absolute Gasteiger partial charge is 0.253 e. The van der Waals surface area contributed by atoms with Gasteiger partial charge < -0.3 is 4.90 Å². The van der Waals surface area contributed by atoms with Gasteiger partial charge >= 0.3 is 0 Å². The van der Waals surface area contributed by atoms with Crippen molar-refractivity contribution in [3.05, 3.63) is 71.3 Å². The van der Waals surface area contributed by atoms with Gasteiger partial charge in [0.15, 0.2) is 0 Å². The number of hydrogen-bond donors (Lipinski definition) is 0. The van der Waals surface area contributed by atoms with Crippen molar-refractivity contribution in [2.75, 3.05) is 13.1 Å². The van der Waals surface area contributed by atoms with Gasteiger partial charge in [-0.05, 0) is 55.0 Å².